The van der Waals surface area contributed by atoms with E-state index >= 15 is 0 Å². The highest BCUT2D eigenvalue weighted by Crippen LogP contribution is 2.36. The monoisotopic (exact) mass is 303 g/mol. The van der Waals surface area contributed by atoms with Gasteiger partial charge in [0.1, 0.15) is 17.4 Å². The topological polar surface area (TPSA) is 78.8 Å². The Bertz CT molecular complexity index is 734. The summed E-state index contributed by atoms with van der Waals surface area (Å²) < 4.78 is 14.3. The van der Waals surface area contributed by atoms with Crippen LogP contribution in [0.4, 0.5) is 15.2 Å². The van der Waals surface area contributed by atoms with E-state index in [1.54, 1.807) is 0 Å². The molecule has 0 bridgehead atoms. The predicted octanol–water partition coefficient (Wildman–Crippen LogP) is 2.26. The van der Waals surface area contributed by atoms with Gasteiger partial charge in [0.2, 0.25) is 0 Å². The van der Waals surface area contributed by atoms with Gasteiger partial charge in [0.25, 0.3) is 0 Å². The summed E-state index contributed by atoms with van der Waals surface area (Å²) in [6.45, 7) is 3.01. The molecule has 0 radical (unpaired) electrons. The van der Waals surface area contributed by atoms with Crippen molar-refractivity contribution in [2.24, 2.45) is 0 Å². The van der Waals surface area contributed by atoms with Crippen LogP contribution >= 0.6 is 11.3 Å². The maximum absolute atomic E-state index is 14.3. The Labute approximate surface area is 125 Å². The van der Waals surface area contributed by atoms with Gasteiger partial charge in [0, 0.05) is 11.4 Å². The summed E-state index contributed by atoms with van der Waals surface area (Å²) in [5.41, 5.74) is 7.87. The molecule has 0 aromatic carbocycles. The van der Waals surface area contributed by atoms with E-state index in [0.29, 0.717) is 48.0 Å². The molecule has 0 saturated carbocycles. The molecule has 2 aromatic heterocycles. The molecular weight excluding hydrogens is 289 g/mol. The first-order valence-electron chi connectivity index (χ1n) is 6.70. The normalized spacial score (nSPS) is 13.9. The van der Waals surface area contributed by atoms with Gasteiger partial charge in [-0.3, -0.25) is 0 Å². The summed E-state index contributed by atoms with van der Waals surface area (Å²) >= 11 is 1.40. The van der Waals surface area contributed by atoms with Gasteiger partial charge in [-0.05, 0) is 18.4 Å². The van der Waals surface area contributed by atoms with Crippen molar-refractivity contribution in [3.05, 3.63) is 33.8 Å². The Balaban J connectivity index is 1.96. The van der Waals surface area contributed by atoms with E-state index in [4.69, 9.17) is 11.0 Å². The van der Waals surface area contributed by atoms with Crippen LogP contribution in [-0.2, 0) is 19.4 Å². The smallest absolute Gasteiger partial charge is 0.187 e. The van der Waals surface area contributed by atoms with Gasteiger partial charge in [0.15, 0.2) is 11.6 Å². The number of anilines is 2. The van der Waals surface area contributed by atoms with E-state index in [1.165, 1.54) is 17.7 Å². The molecule has 0 fully saturated rings. The van der Waals surface area contributed by atoms with Crippen molar-refractivity contribution in [1.82, 2.24) is 9.97 Å². The van der Waals surface area contributed by atoms with Crippen LogP contribution in [-0.4, -0.2) is 16.5 Å². The van der Waals surface area contributed by atoms with Gasteiger partial charge < -0.3 is 10.6 Å². The second-order valence-electron chi connectivity index (χ2n) is 4.84. The fraction of sp³-hybridized carbons (Fsp3) is 0.357. The largest absolute Gasteiger partial charge is 0.389 e. The summed E-state index contributed by atoms with van der Waals surface area (Å²) in [6, 6.07) is 2.15. The number of nitrogens with zero attached hydrogens (tertiary/aromatic N) is 4. The first-order valence-corrected chi connectivity index (χ1v) is 7.51. The molecule has 5 nitrogen and oxygen atoms in total. The predicted molar refractivity (Wildman–Crippen MR) is 79.6 cm³/mol. The van der Waals surface area contributed by atoms with Gasteiger partial charge in [-0.2, -0.15) is 5.26 Å². The number of aromatic nitrogens is 2. The highest BCUT2D eigenvalue weighted by molar-refractivity contribution is 7.16. The minimum atomic E-state index is -0.353. The van der Waals surface area contributed by atoms with Crippen LogP contribution in [0.1, 0.15) is 28.6 Å². The molecule has 7 heteroatoms. The highest BCUT2D eigenvalue weighted by Gasteiger charge is 2.26. The minimum Gasteiger partial charge on any atom is -0.389 e. The Hall–Kier alpha value is -2.20. The zero-order valence-corrected chi connectivity index (χ0v) is 12.4. The summed E-state index contributed by atoms with van der Waals surface area (Å²) in [4.78, 5) is 10.9. The highest BCUT2D eigenvalue weighted by atomic mass is 32.1. The van der Waals surface area contributed by atoms with Gasteiger partial charge in [-0.25, -0.2) is 14.4 Å². The van der Waals surface area contributed by atoms with Crippen LogP contribution in [0, 0.1) is 17.1 Å². The molecule has 2 aromatic rings. The van der Waals surface area contributed by atoms with Crippen molar-refractivity contribution >= 4 is 22.2 Å². The number of aryl methyl sites for hydroxylation is 1. The Morgan fingerprint density at radius 1 is 1.52 bits per heavy atom. The van der Waals surface area contributed by atoms with E-state index in [2.05, 4.69) is 16.0 Å². The maximum atomic E-state index is 14.3. The van der Waals surface area contributed by atoms with Crippen molar-refractivity contribution < 1.29 is 4.39 Å². The molecule has 21 heavy (non-hydrogen) atoms. The SMILES string of the molecule is CCc1ncnc(N2CCc3c(sc(N)c3C#N)C2)c1F. The molecule has 108 valence electrons. The van der Waals surface area contributed by atoms with Crippen LogP contribution in [0.5, 0.6) is 0 Å². The number of rotatable bonds is 2. The zero-order valence-electron chi connectivity index (χ0n) is 11.6. The van der Waals surface area contributed by atoms with E-state index < -0.39 is 0 Å². The van der Waals surface area contributed by atoms with Gasteiger partial charge >= 0.3 is 0 Å². The number of thiophene rings is 1. The second-order valence-corrected chi connectivity index (χ2v) is 5.97. The molecule has 3 rings (SSSR count). The summed E-state index contributed by atoms with van der Waals surface area (Å²) in [5.74, 6) is -0.0218. The average molecular weight is 303 g/mol. The average Bonchev–Trinajstić information content (AvgIpc) is 2.81. The first kappa shape index (κ1) is 13.8. The lowest BCUT2D eigenvalue weighted by molar-refractivity contribution is 0.578. The van der Waals surface area contributed by atoms with Gasteiger partial charge in [-0.1, -0.05) is 6.92 Å². The number of nitrogen functional groups attached to an aromatic ring is 1. The van der Waals surface area contributed by atoms with Gasteiger partial charge in [-0.15, -0.1) is 11.3 Å². The van der Waals surface area contributed by atoms with Crippen molar-refractivity contribution in [3.8, 4) is 6.07 Å². The molecule has 0 unspecified atom stereocenters. The number of nitriles is 1. The van der Waals surface area contributed by atoms with Crippen LogP contribution in [0.25, 0.3) is 0 Å². The lowest BCUT2D eigenvalue weighted by Gasteiger charge is -2.28. The molecule has 1 aliphatic rings. The molecule has 1 aliphatic heterocycles. The molecule has 0 amide bonds. The van der Waals surface area contributed by atoms with Gasteiger partial charge in [0.05, 0.1) is 17.8 Å². The third kappa shape index (κ3) is 2.21. The van der Waals surface area contributed by atoms with E-state index in [1.807, 2.05) is 11.8 Å². The molecule has 2 N–H and O–H groups in total. The Morgan fingerprint density at radius 2 is 2.33 bits per heavy atom. The van der Waals surface area contributed by atoms with Crippen molar-refractivity contribution in [1.29, 1.82) is 5.26 Å². The van der Waals surface area contributed by atoms with E-state index in [0.717, 1.165) is 10.4 Å². The summed E-state index contributed by atoms with van der Waals surface area (Å²) in [7, 11) is 0. The molecule has 0 saturated heterocycles. The molecule has 0 atom stereocenters. The summed E-state index contributed by atoms with van der Waals surface area (Å²) in [5, 5.41) is 9.68. The minimum absolute atomic E-state index is 0.331. The number of hydrogen-bond acceptors (Lipinski definition) is 6. The number of hydrogen-bond donors (Lipinski definition) is 1. The Morgan fingerprint density at radius 3 is 3.05 bits per heavy atom. The molecule has 0 aliphatic carbocycles. The quantitative estimate of drug-likeness (QED) is 0.920. The third-order valence-electron chi connectivity index (χ3n) is 3.67. The lowest BCUT2D eigenvalue weighted by Crippen LogP contribution is -2.31. The van der Waals surface area contributed by atoms with Crippen LogP contribution in [0.15, 0.2) is 6.33 Å². The Kier molecular flexibility index (Phi) is 3.47. The molecule has 3 heterocycles. The molecular formula is C14H14FN5S. The van der Waals surface area contributed by atoms with Crippen LogP contribution in [0.2, 0.25) is 0 Å². The van der Waals surface area contributed by atoms with E-state index in [-0.39, 0.29) is 5.82 Å². The van der Waals surface area contributed by atoms with Crippen molar-refractivity contribution in [2.75, 3.05) is 17.2 Å². The van der Waals surface area contributed by atoms with Crippen LogP contribution in [0.3, 0.4) is 0 Å². The van der Waals surface area contributed by atoms with Crippen molar-refractivity contribution in [3.63, 3.8) is 0 Å². The lowest BCUT2D eigenvalue weighted by atomic mass is 10.0. The fourth-order valence-electron chi connectivity index (χ4n) is 2.59. The number of nitrogens with two attached hydrogens (primary N) is 1. The third-order valence-corrected chi connectivity index (χ3v) is 4.72. The zero-order chi connectivity index (χ0) is 15.0. The van der Waals surface area contributed by atoms with E-state index in [9.17, 15) is 4.39 Å². The number of fused-ring (bicyclic) bond motifs is 1. The van der Waals surface area contributed by atoms with Crippen LogP contribution < -0.4 is 10.6 Å². The van der Waals surface area contributed by atoms with Crippen molar-refractivity contribution in [2.45, 2.75) is 26.3 Å². The first-order chi connectivity index (χ1) is 10.2. The maximum Gasteiger partial charge on any atom is 0.187 e. The molecule has 0 spiro atoms. The summed E-state index contributed by atoms with van der Waals surface area (Å²) in [6.07, 6.45) is 2.61. The second kappa shape index (κ2) is 5.30. The standard InChI is InChI=1S/C14H14FN5S/c1-2-10-12(15)14(19-7-18-10)20-4-3-8-9(5-16)13(17)21-11(8)6-20/h7H,2-4,6,17H2,1H3. The number of halogens is 1. The fourth-order valence-corrected chi connectivity index (χ4v) is 3.67.